The standard InChI is InChI=1S/C19H24ClNO4S3/c1-18(2,3)25-17(22)12-19(8-9-21-10-11-28(19,23)24)15-6-4-13(26-15)14-5-7-16(20)27-14/h4-7,21H,8-12H2,1-3H3. The second kappa shape index (κ2) is 8.07. The van der Waals surface area contributed by atoms with Crippen LogP contribution in [0.1, 0.15) is 38.5 Å². The van der Waals surface area contributed by atoms with E-state index in [1.807, 2.05) is 24.3 Å². The summed E-state index contributed by atoms with van der Waals surface area (Å²) in [7, 11) is -3.56. The largest absolute Gasteiger partial charge is 0.460 e. The molecule has 0 saturated carbocycles. The van der Waals surface area contributed by atoms with Gasteiger partial charge in [-0.15, -0.1) is 22.7 Å². The summed E-state index contributed by atoms with van der Waals surface area (Å²) in [5.41, 5.74) is -0.667. The second-order valence-electron chi connectivity index (χ2n) is 7.84. The smallest absolute Gasteiger partial charge is 0.308 e. The Balaban J connectivity index is 2.04. The first-order chi connectivity index (χ1) is 13.0. The molecule has 2 aromatic rings. The van der Waals surface area contributed by atoms with Gasteiger partial charge in [-0.25, -0.2) is 8.42 Å². The minimum atomic E-state index is -3.56. The van der Waals surface area contributed by atoms with Gasteiger partial charge in [-0.1, -0.05) is 11.6 Å². The molecule has 5 nitrogen and oxygen atoms in total. The van der Waals surface area contributed by atoms with E-state index < -0.39 is 26.2 Å². The Kier molecular flexibility index (Phi) is 6.27. The number of halogens is 1. The van der Waals surface area contributed by atoms with Gasteiger partial charge >= 0.3 is 5.97 Å². The Morgan fingerprint density at radius 1 is 1.18 bits per heavy atom. The van der Waals surface area contributed by atoms with Crippen LogP contribution in [-0.4, -0.2) is 38.8 Å². The zero-order valence-corrected chi connectivity index (χ0v) is 19.3. The van der Waals surface area contributed by atoms with E-state index in [1.165, 1.54) is 22.7 Å². The normalized spacial score (nSPS) is 22.6. The Morgan fingerprint density at radius 3 is 2.50 bits per heavy atom. The van der Waals surface area contributed by atoms with Crippen LogP contribution in [0.5, 0.6) is 0 Å². The monoisotopic (exact) mass is 461 g/mol. The van der Waals surface area contributed by atoms with Crippen molar-refractivity contribution < 1.29 is 17.9 Å². The molecule has 1 fully saturated rings. The average Bonchev–Trinajstić information content (AvgIpc) is 3.17. The fourth-order valence-corrected chi connectivity index (χ4v) is 7.99. The summed E-state index contributed by atoms with van der Waals surface area (Å²) < 4.78 is 31.5. The lowest BCUT2D eigenvalue weighted by molar-refractivity contribution is -0.155. The Bertz CT molecular complexity index is 958. The highest BCUT2D eigenvalue weighted by molar-refractivity contribution is 7.92. The van der Waals surface area contributed by atoms with Crippen LogP contribution in [0.2, 0.25) is 4.34 Å². The predicted molar refractivity (Wildman–Crippen MR) is 116 cm³/mol. The topological polar surface area (TPSA) is 72.5 Å². The number of nitrogens with one attached hydrogen (secondary N) is 1. The van der Waals surface area contributed by atoms with Crippen molar-refractivity contribution in [3.63, 3.8) is 0 Å². The second-order valence-corrected chi connectivity index (χ2v) is 13.1. The van der Waals surface area contributed by atoms with Crippen molar-refractivity contribution in [2.24, 2.45) is 0 Å². The molecule has 0 radical (unpaired) electrons. The Labute approximate surface area is 179 Å². The lowest BCUT2D eigenvalue weighted by atomic mass is 9.97. The van der Waals surface area contributed by atoms with E-state index in [0.29, 0.717) is 28.7 Å². The molecule has 1 aliphatic heterocycles. The van der Waals surface area contributed by atoms with Gasteiger partial charge in [0.05, 0.1) is 16.5 Å². The third-order valence-electron chi connectivity index (χ3n) is 4.57. The number of ether oxygens (including phenoxy) is 1. The minimum Gasteiger partial charge on any atom is -0.460 e. The van der Waals surface area contributed by atoms with Crippen LogP contribution in [0.4, 0.5) is 0 Å². The molecule has 0 spiro atoms. The van der Waals surface area contributed by atoms with Crippen LogP contribution in [0.3, 0.4) is 0 Å². The van der Waals surface area contributed by atoms with E-state index in [-0.39, 0.29) is 12.2 Å². The molecule has 0 aliphatic carbocycles. The van der Waals surface area contributed by atoms with E-state index in [0.717, 1.165) is 9.75 Å². The van der Waals surface area contributed by atoms with Crippen molar-refractivity contribution in [2.75, 3.05) is 18.8 Å². The summed E-state index contributed by atoms with van der Waals surface area (Å²) in [6.45, 7) is 6.26. The molecule has 0 amide bonds. The molecule has 28 heavy (non-hydrogen) atoms. The van der Waals surface area contributed by atoms with Crippen molar-refractivity contribution in [3.05, 3.63) is 33.5 Å². The highest BCUT2D eigenvalue weighted by atomic mass is 35.5. The van der Waals surface area contributed by atoms with Crippen LogP contribution < -0.4 is 5.32 Å². The molecule has 9 heteroatoms. The molecule has 0 bridgehead atoms. The number of hydrogen-bond donors (Lipinski definition) is 1. The van der Waals surface area contributed by atoms with Gasteiger partial charge in [0.25, 0.3) is 0 Å². The van der Waals surface area contributed by atoms with Gasteiger partial charge < -0.3 is 10.1 Å². The zero-order chi connectivity index (χ0) is 20.6. The summed E-state index contributed by atoms with van der Waals surface area (Å²) in [5, 5.41) is 3.15. The van der Waals surface area contributed by atoms with Crippen LogP contribution >= 0.6 is 34.3 Å². The molecule has 3 rings (SSSR count). The van der Waals surface area contributed by atoms with Crippen molar-refractivity contribution in [3.8, 4) is 9.75 Å². The van der Waals surface area contributed by atoms with E-state index in [1.54, 1.807) is 20.8 Å². The van der Waals surface area contributed by atoms with Crippen LogP contribution in [0.25, 0.3) is 9.75 Å². The summed E-state index contributed by atoms with van der Waals surface area (Å²) in [6.07, 6.45) is 0.152. The van der Waals surface area contributed by atoms with Crippen LogP contribution in [-0.2, 0) is 24.1 Å². The first-order valence-electron chi connectivity index (χ1n) is 9.03. The van der Waals surface area contributed by atoms with Crippen LogP contribution in [0.15, 0.2) is 24.3 Å². The molecule has 1 N–H and O–H groups in total. The average molecular weight is 462 g/mol. The molecule has 1 atom stereocenters. The van der Waals surface area contributed by atoms with E-state index >= 15 is 0 Å². The quantitative estimate of drug-likeness (QED) is 0.680. The number of carbonyl (C=O) groups is 1. The van der Waals surface area contributed by atoms with Crippen molar-refractivity contribution in [2.45, 2.75) is 44.0 Å². The third-order valence-corrected chi connectivity index (χ3v) is 9.92. The first kappa shape index (κ1) is 21.8. The highest BCUT2D eigenvalue weighted by Gasteiger charge is 2.49. The van der Waals surface area contributed by atoms with Gasteiger partial charge in [-0.2, -0.15) is 0 Å². The van der Waals surface area contributed by atoms with E-state index in [4.69, 9.17) is 16.3 Å². The lowest BCUT2D eigenvalue weighted by Gasteiger charge is -2.31. The zero-order valence-electron chi connectivity index (χ0n) is 16.1. The molecule has 3 heterocycles. The predicted octanol–water partition coefficient (Wildman–Crippen LogP) is 4.47. The maximum Gasteiger partial charge on any atom is 0.308 e. The van der Waals surface area contributed by atoms with Crippen molar-refractivity contribution >= 4 is 50.1 Å². The van der Waals surface area contributed by atoms with E-state index in [2.05, 4.69) is 5.32 Å². The molecule has 154 valence electrons. The molecule has 1 saturated heterocycles. The molecule has 1 unspecified atom stereocenters. The van der Waals surface area contributed by atoms with Gasteiger partial charge in [0, 0.05) is 21.2 Å². The Morgan fingerprint density at radius 2 is 1.86 bits per heavy atom. The first-order valence-corrected chi connectivity index (χ1v) is 12.7. The number of esters is 1. The summed E-state index contributed by atoms with van der Waals surface area (Å²) in [4.78, 5) is 15.3. The number of carbonyl (C=O) groups excluding carboxylic acids is 1. The Hall–Kier alpha value is -0.930. The summed E-state index contributed by atoms with van der Waals surface area (Å²) in [5.74, 6) is -0.500. The number of sulfone groups is 1. The fraction of sp³-hybridized carbons (Fsp3) is 0.526. The summed E-state index contributed by atoms with van der Waals surface area (Å²) in [6, 6.07) is 7.49. The van der Waals surface area contributed by atoms with Crippen molar-refractivity contribution in [1.29, 1.82) is 0 Å². The highest BCUT2D eigenvalue weighted by Crippen LogP contribution is 2.46. The molecule has 0 aromatic carbocycles. The number of hydrogen-bond acceptors (Lipinski definition) is 7. The van der Waals surface area contributed by atoms with Crippen LogP contribution in [0, 0.1) is 0 Å². The van der Waals surface area contributed by atoms with Crippen molar-refractivity contribution in [1.82, 2.24) is 5.32 Å². The maximum atomic E-state index is 13.3. The molecule has 1 aliphatic rings. The maximum absolute atomic E-state index is 13.3. The third kappa shape index (κ3) is 4.62. The van der Waals surface area contributed by atoms with Gasteiger partial charge in [0.2, 0.25) is 0 Å². The van der Waals surface area contributed by atoms with Gasteiger partial charge in [-0.05, 0) is 58.0 Å². The summed E-state index contributed by atoms with van der Waals surface area (Å²) >= 11 is 8.91. The number of thiophene rings is 2. The van der Waals surface area contributed by atoms with E-state index in [9.17, 15) is 13.2 Å². The molecular formula is C19H24ClNO4S3. The lowest BCUT2D eigenvalue weighted by Crippen LogP contribution is -2.40. The molecule has 2 aromatic heterocycles. The fourth-order valence-electron chi connectivity index (χ4n) is 3.31. The van der Waals surface area contributed by atoms with Gasteiger partial charge in [-0.3, -0.25) is 4.79 Å². The number of rotatable bonds is 4. The SMILES string of the molecule is CC(C)(C)OC(=O)CC1(c2ccc(-c3ccc(Cl)s3)s2)CCNCCS1(=O)=O. The molecular weight excluding hydrogens is 438 g/mol. The van der Waals surface area contributed by atoms with Gasteiger partial charge in [0.1, 0.15) is 10.3 Å². The van der Waals surface area contributed by atoms with Gasteiger partial charge in [0.15, 0.2) is 9.84 Å². The minimum absolute atomic E-state index is 0.00609.